The number of aryl methyl sites for hydroxylation is 1. The number of halogens is 3. The van der Waals surface area contributed by atoms with Crippen LogP contribution in [0.1, 0.15) is 38.3 Å². The molecular weight excluding hydrogens is 507 g/mol. The largest absolute Gasteiger partial charge is 0.572 e. The normalized spacial score (nSPS) is 20.4. The van der Waals surface area contributed by atoms with Gasteiger partial charge in [-0.1, -0.05) is 12.1 Å². The lowest BCUT2D eigenvalue weighted by atomic mass is 9.96. The van der Waals surface area contributed by atoms with Crippen LogP contribution in [0, 0.1) is 0 Å². The lowest BCUT2D eigenvalue weighted by Gasteiger charge is -2.30. The van der Waals surface area contributed by atoms with E-state index >= 15 is 0 Å². The molecule has 13 heteroatoms. The smallest absolute Gasteiger partial charge is 0.454 e. The third kappa shape index (κ3) is 5.23. The van der Waals surface area contributed by atoms with Gasteiger partial charge in [0.05, 0.1) is 17.8 Å². The maximum absolute atomic E-state index is 13.6. The number of hydrogen-bond donors (Lipinski definition) is 1. The van der Waals surface area contributed by atoms with Gasteiger partial charge in [0.15, 0.2) is 11.2 Å². The van der Waals surface area contributed by atoms with Gasteiger partial charge in [0, 0.05) is 26.2 Å². The number of alkyl halides is 3. The Bertz CT molecular complexity index is 1550. The van der Waals surface area contributed by atoms with E-state index in [4.69, 9.17) is 4.74 Å². The number of imidazole rings is 1. The van der Waals surface area contributed by atoms with Crippen molar-refractivity contribution in [3.8, 4) is 6.01 Å². The van der Waals surface area contributed by atoms with E-state index in [1.54, 1.807) is 37.4 Å². The van der Waals surface area contributed by atoms with Crippen molar-refractivity contribution in [2.45, 2.75) is 63.3 Å². The van der Waals surface area contributed by atoms with Crippen LogP contribution < -0.4 is 16.0 Å². The van der Waals surface area contributed by atoms with Gasteiger partial charge in [0.2, 0.25) is 0 Å². The zero-order valence-corrected chi connectivity index (χ0v) is 20.7. The molecule has 1 atom stereocenters. The molecule has 1 N–H and O–H groups in total. The molecule has 3 heterocycles. The number of pyridine rings is 1. The van der Waals surface area contributed by atoms with Crippen LogP contribution in [0.3, 0.4) is 0 Å². The molecule has 5 rings (SSSR count). The number of aliphatic hydroxyl groups is 1. The van der Waals surface area contributed by atoms with E-state index < -0.39 is 28.8 Å². The van der Waals surface area contributed by atoms with Gasteiger partial charge in [-0.05, 0) is 50.5 Å². The number of fused-ring (bicyclic) bond motifs is 1. The summed E-state index contributed by atoms with van der Waals surface area (Å²) in [5, 5.41) is 10.2. The molecule has 0 radical (unpaired) electrons. The van der Waals surface area contributed by atoms with Gasteiger partial charge in [-0.3, -0.25) is 23.5 Å². The average molecular weight is 534 g/mol. The Kier molecular flexibility index (Phi) is 6.21. The van der Waals surface area contributed by atoms with Crippen molar-refractivity contribution in [1.29, 1.82) is 0 Å². The number of rotatable bonds is 8. The number of nitrogens with zero attached hydrogens (tertiary/aromatic N) is 5. The van der Waals surface area contributed by atoms with Crippen LogP contribution >= 0.6 is 0 Å². The number of aromatic nitrogens is 5. The molecule has 0 spiro atoms. The molecule has 0 aliphatic heterocycles. The predicted octanol–water partition coefficient (Wildman–Crippen LogP) is 2.77. The summed E-state index contributed by atoms with van der Waals surface area (Å²) in [6.45, 7) is 1.63. The van der Waals surface area contributed by atoms with Crippen molar-refractivity contribution in [1.82, 2.24) is 23.7 Å². The highest BCUT2D eigenvalue weighted by atomic mass is 19.4. The molecule has 202 valence electrons. The summed E-state index contributed by atoms with van der Waals surface area (Å²) in [5.41, 5.74) is -2.70. The highest BCUT2D eigenvalue weighted by Gasteiger charge is 2.40. The molecule has 1 saturated carbocycles. The maximum Gasteiger partial charge on any atom is 0.572 e. The molecule has 10 nitrogen and oxygen atoms in total. The van der Waals surface area contributed by atoms with Crippen LogP contribution in [0.15, 0.2) is 58.0 Å². The van der Waals surface area contributed by atoms with Crippen LogP contribution in [0.4, 0.5) is 13.2 Å². The maximum atomic E-state index is 13.6. The van der Waals surface area contributed by atoms with E-state index in [-0.39, 0.29) is 48.9 Å². The van der Waals surface area contributed by atoms with Gasteiger partial charge in [0.1, 0.15) is 11.4 Å². The summed E-state index contributed by atoms with van der Waals surface area (Å²) in [5.74, 6) is -0.345. The highest BCUT2D eigenvalue weighted by molar-refractivity contribution is 5.72. The summed E-state index contributed by atoms with van der Waals surface area (Å²) < 4.78 is 52.5. The second-order valence-corrected chi connectivity index (χ2v) is 9.88. The van der Waals surface area contributed by atoms with Gasteiger partial charge >= 0.3 is 12.1 Å². The molecule has 0 bridgehead atoms. The molecule has 0 aromatic carbocycles. The quantitative estimate of drug-likeness (QED) is 0.474. The lowest BCUT2D eigenvalue weighted by molar-refractivity contribution is -0.307. The van der Waals surface area contributed by atoms with E-state index in [1.165, 1.54) is 28.3 Å². The molecule has 0 saturated heterocycles. The molecule has 0 amide bonds. The van der Waals surface area contributed by atoms with Crippen LogP contribution in [-0.4, -0.2) is 46.3 Å². The SMILES string of the molecule is Cn1c(=O)n(CCC2(O)CC2)c(=O)c2c1nc(OC1(C)C=CC=C(OC(F)(F)F)C1)n2Cc1ccccn1. The van der Waals surface area contributed by atoms with Crippen molar-refractivity contribution >= 4 is 11.2 Å². The van der Waals surface area contributed by atoms with E-state index in [0.29, 0.717) is 18.5 Å². The highest BCUT2D eigenvalue weighted by Crippen LogP contribution is 2.38. The zero-order valence-electron chi connectivity index (χ0n) is 20.7. The monoisotopic (exact) mass is 533 g/mol. The Morgan fingerprint density at radius 1 is 1.18 bits per heavy atom. The van der Waals surface area contributed by atoms with E-state index in [1.807, 2.05) is 0 Å². The van der Waals surface area contributed by atoms with E-state index in [9.17, 15) is 27.9 Å². The Balaban J connectivity index is 1.59. The minimum atomic E-state index is -4.86. The van der Waals surface area contributed by atoms with Crippen LogP contribution in [0.5, 0.6) is 6.01 Å². The fourth-order valence-corrected chi connectivity index (χ4v) is 4.46. The molecule has 2 aliphatic carbocycles. The Morgan fingerprint density at radius 2 is 1.95 bits per heavy atom. The second kappa shape index (κ2) is 9.15. The molecule has 3 aromatic heterocycles. The van der Waals surface area contributed by atoms with Gasteiger partial charge in [0.25, 0.3) is 11.6 Å². The van der Waals surface area contributed by atoms with Crippen LogP contribution in [0.2, 0.25) is 0 Å². The molecular formula is C25H26F3N5O5. The first-order valence-electron chi connectivity index (χ1n) is 12.0. The number of ether oxygens (including phenoxy) is 2. The Morgan fingerprint density at radius 3 is 2.61 bits per heavy atom. The fourth-order valence-electron chi connectivity index (χ4n) is 4.46. The van der Waals surface area contributed by atoms with Crippen molar-refractivity contribution in [2.75, 3.05) is 0 Å². The summed E-state index contributed by atoms with van der Waals surface area (Å²) in [7, 11) is 1.47. The number of hydrogen-bond acceptors (Lipinski definition) is 7. The van der Waals surface area contributed by atoms with Crippen LogP contribution in [-0.2, 0) is 24.9 Å². The van der Waals surface area contributed by atoms with Gasteiger partial charge in [-0.25, -0.2) is 4.79 Å². The summed E-state index contributed by atoms with van der Waals surface area (Å²) in [6.07, 6.45) is 2.10. The summed E-state index contributed by atoms with van der Waals surface area (Å²) in [4.78, 5) is 35.4. The first-order chi connectivity index (χ1) is 17.9. The molecule has 2 aliphatic rings. The molecule has 3 aromatic rings. The molecule has 38 heavy (non-hydrogen) atoms. The minimum Gasteiger partial charge on any atom is -0.454 e. The Hall–Kier alpha value is -3.87. The Labute approximate surface area is 214 Å². The third-order valence-corrected chi connectivity index (χ3v) is 6.70. The number of allylic oxidation sites excluding steroid dienone is 2. The van der Waals surface area contributed by atoms with Crippen molar-refractivity contribution in [3.63, 3.8) is 0 Å². The van der Waals surface area contributed by atoms with Crippen molar-refractivity contribution in [2.24, 2.45) is 7.05 Å². The van der Waals surface area contributed by atoms with Gasteiger partial charge < -0.3 is 14.6 Å². The van der Waals surface area contributed by atoms with Crippen molar-refractivity contribution in [3.05, 3.63) is 74.9 Å². The average Bonchev–Trinajstić information content (AvgIpc) is 3.47. The van der Waals surface area contributed by atoms with Gasteiger partial charge in [-0.2, -0.15) is 4.98 Å². The predicted molar refractivity (Wildman–Crippen MR) is 129 cm³/mol. The van der Waals surface area contributed by atoms with Crippen LogP contribution in [0.25, 0.3) is 11.2 Å². The standard InChI is InChI=1S/C25H26F3N5O5/c1-23(8-5-7-17(14-23)37-25(26,27)28)38-21-30-19-18(33(21)15-16-6-3-4-12-29-16)20(34)32(22(35)31(19)2)13-11-24(36)9-10-24/h3-8,12,36H,9-11,13-15H2,1-2H3. The summed E-state index contributed by atoms with van der Waals surface area (Å²) >= 11 is 0. The lowest BCUT2D eigenvalue weighted by Crippen LogP contribution is -2.40. The van der Waals surface area contributed by atoms with Crippen molar-refractivity contribution < 1.29 is 27.8 Å². The third-order valence-electron chi connectivity index (χ3n) is 6.70. The topological polar surface area (TPSA) is 113 Å². The fraction of sp³-hybridized carbons (Fsp3) is 0.440. The van der Waals surface area contributed by atoms with Gasteiger partial charge in [-0.15, -0.1) is 13.2 Å². The molecule has 1 fully saturated rings. The van der Waals surface area contributed by atoms with E-state index in [0.717, 1.165) is 4.57 Å². The first kappa shape index (κ1) is 25.8. The zero-order chi connectivity index (χ0) is 27.3. The first-order valence-corrected chi connectivity index (χ1v) is 12.0. The van der Waals surface area contributed by atoms with E-state index in [2.05, 4.69) is 14.7 Å². The molecule has 1 unspecified atom stereocenters. The minimum absolute atomic E-state index is 0.0201. The summed E-state index contributed by atoms with van der Waals surface area (Å²) in [6, 6.07) is 5.16. The second-order valence-electron chi connectivity index (χ2n) is 9.88.